The molecule has 2 aliphatic rings. The van der Waals surface area contributed by atoms with Crippen molar-refractivity contribution in [3.05, 3.63) is 30.1 Å². The second kappa shape index (κ2) is 8.38. The highest BCUT2D eigenvalue weighted by molar-refractivity contribution is 5.82. The number of rotatable bonds is 6. The average Bonchev–Trinajstić information content (AvgIpc) is 2.61. The van der Waals surface area contributed by atoms with Gasteiger partial charge in [-0.15, -0.1) is 0 Å². The number of ether oxygens (including phenoxy) is 1. The average molecular weight is 318 g/mol. The van der Waals surface area contributed by atoms with E-state index < -0.39 is 0 Å². The smallest absolute Gasteiger partial charge is 0.239 e. The molecule has 6 nitrogen and oxygen atoms in total. The van der Waals surface area contributed by atoms with Gasteiger partial charge in [-0.05, 0) is 24.5 Å². The van der Waals surface area contributed by atoms with Gasteiger partial charge >= 0.3 is 0 Å². The maximum atomic E-state index is 12.6. The van der Waals surface area contributed by atoms with Crippen LogP contribution in [0.15, 0.2) is 24.5 Å². The van der Waals surface area contributed by atoms with E-state index in [1.165, 1.54) is 0 Å². The summed E-state index contributed by atoms with van der Waals surface area (Å²) < 4.78 is 5.37. The van der Waals surface area contributed by atoms with E-state index in [1.807, 2.05) is 23.2 Å². The third-order valence-corrected chi connectivity index (χ3v) is 4.60. The Labute approximate surface area is 137 Å². The van der Waals surface area contributed by atoms with Crippen molar-refractivity contribution in [1.29, 1.82) is 0 Å². The Morgan fingerprint density at radius 2 is 2.13 bits per heavy atom. The van der Waals surface area contributed by atoms with Crippen LogP contribution in [0.25, 0.3) is 0 Å². The van der Waals surface area contributed by atoms with E-state index in [1.54, 1.807) is 6.20 Å². The standard InChI is InChI=1S/C17H26N4O2/c22-17-16(19-14-15-3-1-5-18-13-15)4-2-6-21(17)8-7-20-9-11-23-12-10-20/h1,3,5,13,16,19H,2,4,6-12,14H2. The largest absolute Gasteiger partial charge is 0.379 e. The minimum Gasteiger partial charge on any atom is -0.379 e. The Morgan fingerprint density at radius 1 is 1.26 bits per heavy atom. The van der Waals surface area contributed by atoms with Crippen molar-refractivity contribution in [2.75, 3.05) is 45.9 Å². The Morgan fingerprint density at radius 3 is 2.91 bits per heavy atom. The number of aromatic nitrogens is 1. The predicted octanol–water partition coefficient (Wildman–Crippen LogP) is 0.494. The van der Waals surface area contributed by atoms with Gasteiger partial charge in [-0.25, -0.2) is 0 Å². The van der Waals surface area contributed by atoms with E-state index >= 15 is 0 Å². The van der Waals surface area contributed by atoms with Crippen LogP contribution in [0.4, 0.5) is 0 Å². The van der Waals surface area contributed by atoms with Crippen LogP contribution in [-0.2, 0) is 16.1 Å². The summed E-state index contributed by atoms with van der Waals surface area (Å²) in [6.07, 6.45) is 5.60. The van der Waals surface area contributed by atoms with Gasteiger partial charge in [-0.1, -0.05) is 6.07 Å². The summed E-state index contributed by atoms with van der Waals surface area (Å²) >= 11 is 0. The van der Waals surface area contributed by atoms with Crippen LogP contribution in [0.5, 0.6) is 0 Å². The van der Waals surface area contributed by atoms with E-state index in [0.29, 0.717) is 6.54 Å². The van der Waals surface area contributed by atoms with E-state index in [9.17, 15) is 4.79 Å². The van der Waals surface area contributed by atoms with Gasteiger partial charge in [0.25, 0.3) is 0 Å². The fourth-order valence-electron chi connectivity index (χ4n) is 3.18. The molecule has 1 atom stereocenters. The Kier molecular flexibility index (Phi) is 5.96. The summed E-state index contributed by atoms with van der Waals surface area (Å²) in [5, 5.41) is 3.39. The number of morpholine rings is 1. The number of pyridine rings is 1. The van der Waals surface area contributed by atoms with Gasteiger partial charge in [0.15, 0.2) is 0 Å². The summed E-state index contributed by atoms with van der Waals surface area (Å²) in [5.41, 5.74) is 1.12. The number of nitrogens with zero attached hydrogens (tertiary/aromatic N) is 3. The maximum absolute atomic E-state index is 12.6. The molecular weight excluding hydrogens is 292 g/mol. The lowest BCUT2D eigenvalue weighted by Crippen LogP contribution is -2.52. The van der Waals surface area contributed by atoms with Crippen LogP contribution in [0.2, 0.25) is 0 Å². The summed E-state index contributed by atoms with van der Waals surface area (Å²) in [6.45, 7) is 6.92. The number of hydrogen-bond acceptors (Lipinski definition) is 5. The number of nitrogens with one attached hydrogen (secondary N) is 1. The Hall–Kier alpha value is -1.50. The maximum Gasteiger partial charge on any atom is 0.239 e. The molecular formula is C17H26N4O2. The molecule has 2 fully saturated rings. The fourth-order valence-corrected chi connectivity index (χ4v) is 3.18. The van der Waals surface area contributed by atoms with Crippen molar-refractivity contribution in [2.45, 2.75) is 25.4 Å². The molecule has 2 saturated heterocycles. The molecule has 2 aliphatic heterocycles. The third kappa shape index (κ3) is 4.73. The Balaban J connectivity index is 1.45. The van der Waals surface area contributed by atoms with E-state index in [0.717, 1.165) is 64.3 Å². The van der Waals surface area contributed by atoms with Gasteiger partial charge in [-0.3, -0.25) is 14.7 Å². The van der Waals surface area contributed by atoms with Crippen molar-refractivity contribution < 1.29 is 9.53 Å². The highest BCUT2D eigenvalue weighted by atomic mass is 16.5. The first-order valence-electron chi connectivity index (χ1n) is 8.54. The second-order valence-corrected chi connectivity index (χ2v) is 6.22. The van der Waals surface area contributed by atoms with Crippen LogP contribution in [0.3, 0.4) is 0 Å². The third-order valence-electron chi connectivity index (χ3n) is 4.60. The minimum atomic E-state index is -0.0614. The minimum absolute atomic E-state index is 0.0614. The van der Waals surface area contributed by atoms with Crippen LogP contribution in [0.1, 0.15) is 18.4 Å². The molecule has 1 aromatic heterocycles. The number of hydrogen-bond donors (Lipinski definition) is 1. The molecule has 3 rings (SSSR count). The molecule has 0 aliphatic carbocycles. The lowest BCUT2D eigenvalue weighted by molar-refractivity contribution is -0.136. The van der Waals surface area contributed by atoms with Crippen molar-refractivity contribution in [1.82, 2.24) is 20.1 Å². The number of piperidine rings is 1. The van der Waals surface area contributed by atoms with Gasteiger partial charge in [0.2, 0.25) is 5.91 Å². The van der Waals surface area contributed by atoms with Crippen molar-refractivity contribution in [2.24, 2.45) is 0 Å². The Bertz CT molecular complexity index is 491. The zero-order chi connectivity index (χ0) is 15.9. The molecule has 0 aromatic carbocycles. The van der Waals surface area contributed by atoms with E-state index in [-0.39, 0.29) is 11.9 Å². The number of carbonyl (C=O) groups excluding carboxylic acids is 1. The summed E-state index contributed by atoms with van der Waals surface area (Å²) in [4.78, 5) is 21.1. The van der Waals surface area contributed by atoms with Gasteiger partial charge in [0, 0.05) is 51.7 Å². The first-order valence-corrected chi connectivity index (χ1v) is 8.54. The molecule has 1 aromatic rings. The zero-order valence-electron chi connectivity index (χ0n) is 13.6. The highest BCUT2D eigenvalue weighted by Crippen LogP contribution is 2.13. The van der Waals surface area contributed by atoms with Gasteiger partial charge in [0.1, 0.15) is 0 Å². The van der Waals surface area contributed by atoms with Crippen molar-refractivity contribution in [3.8, 4) is 0 Å². The summed E-state index contributed by atoms with van der Waals surface area (Å²) in [5.74, 6) is 0.244. The summed E-state index contributed by atoms with van der Waals surface area (Å²) in [6, 6.07) is 3.89. The van der Waals surface area contributed by atoms with E-state index in [4.69, 9.17) is 4.74 Å². The first-order chi connectivity index (χ1) is 11.3. The van der Waals surface area contributed by atoms with Crippen LogP contribution in [-0.4, -0.2) is 72.7 Å². The molecule has 23 heavy (non-hydrogen) atoms. The molecule has 1 amide bonds. The predicted molar refractivity (Wildman–Crippen MR) is 87.9 cm³/mol. The quantitative estimate of drug-likeness (QED) is 0.827. The molecule has 1 N–H and O–H groups in total. The fraction of sp³-hybridized carbons (Fsp3) is 0.647. The molecule has 0 radical (unpaired) electrons. The monoisotopic (exact) mass is 318 g/mol. The molecule has 126 valence electrons. The zero-order valence-corrected chi connectivity index (χ0v) is 13.6. The molecule has 3 heterocycles. The summed E-state index contributed by atoms with van der Waals surface area (Å²) in [7, 11) is 0. The van der Waals surface area contributed by atoms with Gasteiger partial charge < -0.3 is 15.0 Å². The number of likely N-dealkylation sites (tertiary alicyclic amines) is 1. The highest BCUT2D eigenvalue weighted by Gasteiger charge is 2.28. The molecule has 0 spiro atoms. The van der Waals surface area contributed by atoms with Crippen LogP contribution >= 0.6 is 0 Å². The van der Waals surface area contributed by atoms with Crippen LogP contribution in [0, 0.1) is 0 Å². The molecule has 1 unspecified atom stereocenters. The molecule has 0 bridgehead atoms. The van der Waals surface area contributed by atoms with Crippen molar-refractivity contribution in [3.63, 3.8) is 0 Å². The van der Waals surface area contributed by atoms with Crippen LogP contribution < -0.4 is 5.32 Å². The van der Waals surface area contributed by atoms with Crippen molar-refractivity contribution >= 4 is 5.91 Å². The SMILES string of the molecule is O=C1C(NCc2cccnc2)CCCN1CCN1CCOCC1. The number of carbonyl (C=O) groups is 1. The second-order valence-electron chi connectivity index (χ2n) is 6.22. The van der Waals surface area contributed by atoms with E-state index in [2.05, 4.69) is 15.2 Å². The molecule has 0 saturated carbocycles. The lowest BCUT2D eigenvalue weighted by atomic mass is 10.0. The van der Waals surface area contributed by atoms with Gasteiger partial charge in [0.05, 0.1) is 19.3 Å². The number of amides is 1. The topological polar surface area (TPSA) is 57.7 Å². The van der Waals surface area contributed by atoms with Gasteiger partial charge in [-0.2, -0.15) is 0 Å². The normalized spacial score (nSPS) is 23.2. The molecule has 6 heteroatoms. The lowest BCUT2D eigenvalue weighted by Gasteiger charge is -2.35. The first kappa shape index (κ1) is 16.4.